The van der Waals surface area contributed by atoms with Gasteiger partial charge in [-0.3, -0.25) is 0 Å². The number of hydrogen-bond acceptors (Lipinski definition) is 4. The largest absolute Gasteiger partial charge is 0.356 e. The lowest BCUT2D eigenvalue weighted by atomic mass is 9.96. The number of anilines is 1. The van der Waals surface area contributed by atoms with Crippen LogP contribution in [0.15, 0.2) is 12.3 Å². The zero-order valence-corrected chi connectivity index (χ0v) is 13.4. The lowest BCUT2D eigenvalue weighted by Crippen LogP contribution is -2.38. The summed E-state index contributed by atoms with van der Waals surface area (Å²) in [6, 6.07) is 1.61. The molecule has 0 spiro atoms. The number of aromatic nitrogens is 1. The van der Waals surface area contributed by atoms with Crippen molar-refractivity contribution in [2.24, 2.45) is 5.92 Å². The van der Waals surface area contributed by atoms with Crippen LogP contribution >= 0.6 is 0 Å². The second-order valence-corrected chi connectivity index (χ2v) is 6.11. The predicted octanol–water partition coefficient (Wildman–Crippen LogP) is 2.11. The van der Waals surface area contributed by atoms with E-state index in [0.717, 1.165) is 43.5 Å². The third-order valence-corrected chi connectivity index (χ3v) is 4.01. The molecule has 0 atom stereocenters. The van der Waals surface area contributed by atoms with E-state index in [0.29, 0.717) is 6.54 Å². The summed E-state index contributed by atoms with van der Waals surface area (Å²) in [4.78, 5) is 8.90. The Morgan fingerprint density at radius 3 is 2.71 bits per heavy atom. The van der Waals surface area contributed by atoms with Crippen molar-refractivity contribution in [3.63, 3.8) is 0 Å². The number of hydrogen-bond donors (Lipinski definition) is 1. The summed E-state index contributed by atoms with van der Waals surface area (Å²) >= 11 is 0. The van der Waals surface area contributed by atoms with Crippen LogP contribution in [0.4, 0.5) is 10.2 Å². The van der Waals surface area contributed by atoms with E-state index >= 15 is 0 Å². The molecule has 118 valence electrons. The first-order valence-corrected chi connectivity index (χ1v) is 7.85. The van der Waals surface area contributed by atoms with E-state index in [1.165, 1.54) is 19.0 Å². The summed E-state index contributed by atoms with van der Waals surface area (Å²) < 4.78 is 13.4. The van der Waals surface area contributed by atoms with Crippen LogP contribution in [0.3, 0.4) is 0 Å². The van der Waals surface area contributed by atoms with Gasteiger partial charge in [0.2, 0.25) is 0 Å². The van der Waals surface area contributed by atoms with E-state index in [-0.39, 0.29) is 5.82 Å². The summed E-state index contributed by atoms with van der Waals surface area (Å²) in [5.74, 6) is 1.45. The Morgan fingerprint density at radius 1 is 1.38 bits per heavy atom. The van der Waals surface area contributed by atoms with Crippen molar-refractivity contribution in [2.45, 2.75) is 26.3 Å². The van der Waals surface area contributed by atoms with Crippen molar-refractivity contribution >= 4 is 5.82 Å². The molecule has 1 fully saturated rings. The maximum Gasteiger partial charge on any atom is 0.141 e. The number of halogens is 1. The monoisotopic (exact) mass is 294 g/mol. The van der Waals surface area contributed by atoms with Crippen LogP contribution in [0.1, 0.15) is 25.3 Å². The van der Waals surface area contributed by atoms with Crippen LogP contribution in [0.2, 0.25) is 0 Å². The van der Waals surface area contributed by atoms with E-state index < -0.39 is 0 Å². The molecule has 0 saturated carbocycles. The molecule has 0 radical (unpaired) electrons. The maximum absolute atomic E-state index is 13.4. The van der Waals surface area contributed by atoms with Gasteiger partial charge in [-0.15, -0.1) is 0 Å². The summed E-state index contributed by atoms with van der Waals surface area (Å²) in [6.45, 7) is 6.77. The lowest BCUT2D eigenvalue weighted by molar-refractivity contribution is 0.284. The van der Waals surface area contributed by atoms with Crippen molar-refractivity contribution in [3.8, 4) is 0 Å². The van der Waals surface area contributed by atoms with Crippen molar-refractivity contribution < 1.29 is 4.39 Å². The molecule has 2 heterocycles. The maximum atomic E-state index is 13.4. The Morgan fingerprint density at radius 2 is 2.10 bits per heavy atom. The lowest BCUT2D eigenvalue weighted by Gasteiger charge is -2.34. The van der Waals surface area contributed by atoms with Gasteiger partial charge in [0.1, 0.15) is 11.6 Å². The highest BCUT2D eigenvalue weighted by atomic mass is 19.1. The van der Waals surface area contributed by atoms with Crippen LogP contribution < -0.4 is 10.2 Å². The average Bonchev–Trinajstić information content (AvgIpc) is 2.46. The topological polar surface area (TPSA) is 31.4 Å². The van der Waals surface area contributed by atoms with Crippen molar-refractivity contribution in [3.05, 3.63) is 23.6 Å². The molecule has 1 aromatic rings. The highest BCUT2D eigenvalue weighted by Crippen LogP contribution is 2.25. The van der Waals surface area contributed by atoms with E-state index in [1.807, 2.05) is 0 Å². The molecule has 0 unspecified atom stereocenters. The fourth-order valence-corrected chi connectivity index (χ4v) is 2.99. The van der Waals surface area contributed by atoms with Gasteiger partial charge in [0.25, 0.3) is 0 Å². The molecule has 2 rings (SSSR count). The molecule has 1 aliphatic rings. The third-order valence-electron chi connectivity index (χ3n) is 4.01. The molecular weight excluding hydrogens is 267 g/mol. The minimum Gasteiger partial charge on any atom is -0.356 e. The highest BCUT2D eigenvalue weighted by Gasteiger charge is 2.22. The molecule has 1 saturated heterocycles. The van der Waals surface area contributed by atoms with Gasteiger partial charge in [-0.05, 0) is 45.5 Å². The second-order valence-electron chi connectivity index (χ2n) is 6.11. The summed E-state index contributed by atoms with van der Waals surface area (Å²) in [6.07, 6.45) is 3.69. The van der Waals surface area contributed by atoms with E-state index in [9.17, 15) is 4.39 Å². The fourth-order valence-electron chi connectivity index (χ4n) is 2.99. The van der Waals surface area contributed by atoms with Crippen molar-refractivity contribution in [2.75, 3.05) is 45.2 Å². The number of pyridine rings is 1. The van der Waals surface area contributed by atoms with Gasteiger partial charge >= 0.3 is 0 Å². The molecule has 1 aromatic heterocycles. The van der Waals surface area contributed by atoms with Gasteiger partial charge in [0.05, 0.1) is 6.20 Å². The standard InChI is InChI=1S/C16H27FN4/c1-4-18-10-14-9-15(17)11-19-16(14)21-7-5-13(6-8-21)12-20(2)3/h9,11,13,18H,4-8,10,12H2,1-3H3. The number of piperidine rings is 1. The van der Waals surface area contributed by atoms with Gasteiger partial charge < -0.3 is 15.1 Å². The van der Waals surface area contributed by atoms with E-state index in [2.05, 4.69) is 41.1 Å². The highest BCUT2D eigenvalue weighted by molar-refractivity contribution is 5.47. The van der Waals surface area contributed by atoms with E-state index in [4.69, 9.17) is 0 Å². The first-order valence-electron chi connectivity index (χ1n) is 7.85. The molecule has 21 heavy (non-hydrogen) atoms. The Bertz CT molecular complexity index is 442. The molecule has 1 N–H and O–H groups in total. The van der Waals surface area contributed by atoms with Gasteiger partial charge in [-0.25, -0.2) is 9.37 Å². The molecular formula is C16H27FN4. The Kier molecular flexibility index (Phi) is 5.94. The zero-order chi connectivity index (χ0) is 15.2. The molecule has 0 aliphatic carbocycles. The van der Waals surface area contributed by atoms with Crippen LogP contribution in [-0.2, 0) is 6.54 Å². The minimum atomic E-state index is -0.255. The van der Waals surface area contributed by atoms with Crippen LogP contribution in [0, 0.1) is 11.7 Å². The minimum absolute atomic E-state index is 0.255. The predicted molar refractivity (Wildman–Crippen MR) is 85.1 cm³/mol. The fraction of sp³-hybridized carbons (Fsp3) is 0.688. The molecule has 0 bridgehead atoms. The summed E-state index contributed by atoms with van der Waals surface area (Å²) in [5, 5.41) is 3.27. The third kappa shape index (κ3) is 4.64. The van der Waals surface area contributed by atoms with Gasteiger partial charge in [-0.1, -0.05) is 6.92 Å². The zero-order valence-electron chi connectivity index (χ0n) is 13.4. The first-order chi connectivity index (χ1) is 10.1. The van der Waals surface area contributed by atoms with Gasteiger partial charge in [-0.2, -0.15) is 0 Å². The van der Waals surface area contributed by atoms with Crippen LogP contribution in [0.25, 0.3) is 0 Å². The number of nitrogens with one attached hydrogen (secondary N) is 1. The number of nitrogens with zero attached hydrogens (tertiary/aromatic N) is 3. The second kappa shape index (κ2) is 7.71. The molecule has 0 amide bonds. The normalized spacial score (nSPS) is 16.7. The summed E-state index contributed by atoms with van der Waals surface area (Å²) in [5.41, 5.74) is 0.961. The summed E-state index contributed by atoms with van der Waals surface area (Å²) in [7, 11) is 4.25. The quantitative estimate of drug-likeness (QED) is 0.871. The van der Waals surface area contributed by atoms with Crippen LogP contribution in [0.5, 0.6) is 0 Å². The first kappa shape index (κ1) is 16.2. The van der Waals surface area contributed by atoms with Gasteiger partial charge in [0, 0.05) is 31.7 Å². The Balaban J connectivity index is 2.02. The van der Waals surface area contributed by atoms with Crippen LogP contribution in [-0.4, -0.2) is 50.2 Å². The average molecular weight is 294 g/mol. The van der Waals surface area contributed by atoms with Crippen molar-refractivity contribution in [1.29, 1.82) is 0 Å². The SMILES string of the molecule is CCNCc1cc(F)cnc1N1CCC(CN(C)C)CC1. The number of rotatable bonds is 6. The smallest absolute Gasteiger partial charge is 0.141 e. The Hall–Kier alpha value is -1.20. The van der Waals surface area contributed by atoms with E-state index in [1.54, 1.807) is 6.07 Å². The molecule has 0 aromatic carbocycles. The van der Waals surface area contributed by atoms with Gasteiger partial charge in [0.15, 0.2) is 0 Å². The molecule has 4 nitrogen and oxygen atoms in total. The molecule has 1 aliphatic heterocycles. The molecule has 5 heteroatoms. The Labute approximate surface area is 127 Å². The van der Waals surface area contributed by atoms with Crippen molar-refractivity contribution in [1.82, 2.24) is 15.2 Å².